The highest BCUT2D eigenvalue weighted by atomic mass is 16.5. The van der Waals surface area contributed by atoms with Crippen LogP contribution in [0.15, 0.2) is 54.9 Å². The number of aromatic nitrogens is 2. The fourth-order valence-electron chi connectivity index (χ4n) is 4.34. The molecule has 1 aromatic heterocycles. The minimum Gasteiger partial charge on any atom is -0.493 e. The van der Waals surface area contributed by atoms with Crippen molar-refractivity contribution in [2.24, 2.45) is 11.8 Å². The van der Waals surface area contributed by atoms with Gasteiger partial charge >= 0.3 is 0 Å². The van der Waals surface area contributed by atoms with Gasteiger partial charge in [0.25, 0.3) is 11.8 Å². The zero-order valence-electron chi connectivity index (χ0n) is 24.1. The summed E-state index contributed by atoms with van der Waals surface area (Å²) in [4.78, 5) is 38.7. The van der Waals surface area contributed by atoms with E-state index in [1.54, 1.807) is 50.7 Å². The SMILES string of the molecule is COc1ccc(CCN(C)C(=O)c2cccc(-c3ncc(C(=O)N(CC(C)C)CC(C)C)cn3)c2)cc1OC. The lowest BCUT2D eigenvalue weighted by Crippen LogP contribution is -2.37. The minimum absolute atomic E-state index is 0.0658. The maximum absolute atomic E-state index is 13.2. The van der Waals surface area contributed by atoms with Gasteiger partial charge in [-0.2, -0.15) is 0 Å². The van der Waals surface area contributed by atoms with Crippen molar-refractivity contribution >= 4 is 11.8 Å². The number of hydrogen-bond donors (Lipinski definition) is 0. The third-order valence-electron chi connectivity index (χ3n) is 6.26. The molecule has 39 heavy (non-hydrogen) atoms. The molecule has 2 amide bonds. The zero-order valence-corrected chi connectivity index (χ0v) is 24.1. The van der Waals surface area contributed by atoms with Crippen LogP contribution < -0.4 is 9.47 Å². The highest BCUT2D eigenvalue weighted by Crippen LogP contribution is 2.28. The van der Waals surface area contributed by atoms with Gasteiger partial charge < -0.3 is 19.3 Å². The number of hydrogen-bond acceptors (Lipinski definition) is 6. The molecule has 0 saturated heterocycles. The molecule has 0 N–H and O–H groups in total. The van der Waals surface area contributed by atoms with Gasteiger partial charge in [0.2, 0.25) is 0 Å². The average molecular weight is 533 g/mol. The molecule has 0 spiro atoms. The molecule has 208 valence electrons. The minimum atomic E-state index is -0.0952. The fourth-order valence-corrected chi connectivity index (χ4v) is 4.34. The van der Waals surface area contributed by atoms with Gasteiger partial charge in [0.15, 0.2) is 17.3 Å². The van der Waals surface area contributed by atoms with Gasteiger partial charge in [-0.1, -0.05) is 45.9 Å². The summed E-state index contributed by atoms with van der Waals surface area (Å²) in [6.07, 6.45) is 3.82. The molecular formula is C31H40N4O4. The Kier molecular flexibility index (Phi) is 10.4. The van der Waals surface area contributed by atoms with E-state index >= 15 is 0 Å². The fraction of sp³-hybridized carbons (Fsp3) is 0.419. The van der Waals surface area contributed by atoms with Gasteiger partial charge in [-0.25, -0.2) is 9.97 Å². The third kappa shape index (κ3) is 8.02. The van der Waals surface area contributed by atoms with E-state index in [9.17, 15) is 9.59 Å². The second-order valence-electron chi connectivity index (χ2n) is 10.5. The van der Waals surface area contributed by atoms with E-state index < -0.39 is 0 Å². The van der Waals surface area contributed by atoms with Gasteiger partial charge in [0.1, 0.15) is 0 Å². The number of ether oxygens (including phenoxy) is 2. The first-order valence-corrected chi connectivity index (χ1v) is 13.3. The summed E-state index contributed by atoms with van der Waals surface area (Å²) >= 11 is 0. The molecule has 0 atom stereocenters. The third-order valence-corrected chi connectivity index (χ3v) is 6.26. The van der Waals surface area contributed by atoms with Crippen LogP contribution in [0.25, 0.3) is 11.4 Å². The average Bonchev–Trinajstić information content (AvgIpc) is 2.94. The zero-order chi connectivity index (χ0) is 28.5. The Labute approximate surface area is 232 Å². The van der Waals surface area contributed by atoms with Gasteiger partial charge in [0.05, 0.1) is 19.8 Å². The maximum Gasteiger partial charge on any atom is 0.257 e. The molecule has 0 radical (unpaired) electrons. The van der Waals surface area contributed by atoms with Crippen LogP contribution in [0.4, 0.5) is 0 Å². The predicted molar refractivity (Wildman–Crippen MR) is 153 cm³/mol. The summed E-state index contributed by atoms with van der Waals surface area (Å²) in [7, 11) is 4.99. The molecule has 0 aliphatic heterocycles. The molecule has 8 heteroatoms. The molecule has 0 bridgehead atoms. The Balaban J connectivity index is 1.69. The second kappa shape index (κ2) is 13.7. The van der Waals surface area contributed by atoms with E-state index in [2.05, 4.69) is 37.7 Å². The molecule has 1 heterocycles. The van der Waals surface area contributed by atoms with E-state index in [-0.39, 0.29) is 11.8 Å². The van der Waals surface area contributed by atoms with Crippen molar-refractivity contribution in [2.75, 3.05) is 40.9 Å². The van der Waals surface area contributed by atoms with E-state index in [4.69, 9.17) is 9.47 Å². The number of benzene rings is 2. The van der Waals surface area contributed by atoms with Crippen molar-refractivity contribution < 1.29 is 19.1 Å². The van der Waals surface area contributed by atoms with Crippen LogP contribution in [0.3, 0.4) is 0 Å². The van der Waals surface area contributed by atoms with Crippen molar-refractivity contribution in [3.63, 3.8) is 0 Å². The van der Waals surface area contributed by atoms with E-state index in [1.165, 1.54) is 0 Å². The predicted octanol–water partition coefficient (Wildman–Crippen LogP) is 5.23. The number of nitrogens with zero attached hydrogens (tertiary/aromatic N) is 4. The molecular weight excluding hydrogens is 492 g/mol. The Bertz CT molecular complexity index is 1250. The molecule has 0 unspecified atom stereocenters. The molecule has 0 aliphatic rings. The van der Waals surface area contributed by atoms with E-state index in [0.29, 0.717) is 71.9 Å². The van der Waals surface area contributed by atoms with Crippen LogP contribution in [0, 0.1) is 11.8 Å². The number of amides is 2. The van der Waals surface area contributed by atoms with Crippen LogP contribution in [0.1, 0.15) is 54.0 Å². The summed E-state index contributed by atoms with van der Waals surface area (Å²) in [6, 6.07) is 13.0. The molecule has 2 aromatic carbocycles. The van der Waals surface area contributed by atoms with Crippen LogP contribution in [-0.4, -0.2) is 72.5 Å². The standard InChI is InChI=1S/C31H40N4O4/c1-21(2)19-35(20-22(3)4)31(37)26-17-32-29(33-18-26)24-9-8-10-25(16-24)30(36)34(5)14-13-23-11-12-27(38-6)28(15-23)39-7/h8-12,15-18,21-22H,13-14,19-20H2,1-7H3. The van der Waals surface area contributed by atoms with Crippen molar-refractivity contribution in [3.8, 4) is 22.9 Å². The number of likely N-dealkylation sites (N-methyl/N-ethyl adjacent to an activating group) is 1. The van der Waals surface area contributed by atoms with Crippen LogP contribution in [0.5, 0.6) is 11.5 Å². The normalized spacial score (nSPS) is 11.0. The first-order chi connectivity index (χ1) is 18.6. The van der Waals surface area contributed by atoms with Crippen LogP contribution >= 0.6 is 0 Å². The molecule has 0 fully saturated rings. The first-order valence-electron chi connectivity index (χ1n) is 13.3. The number of methoxy groups -OCH3 is 2. The molecule has 8 nitrogen and oxygen atoms in total. The quantitative estimate of drug-likeness (QED) is 0.318. The summed E-state index contributed by atoms with van der Waals surface area (Å²) < 4.78 is 10.7. The number of carbonyl (C=O) groups excluding carboxylic acids is 2. The van der Waals surface area contributed by atoms with Crippen molar-refractivity contribution in [1.29, 1.82) is 0 Å². The topological polar surface area (TPSA) is 84.9 Å². The highest BCUT2D eigenvalue weighted by molar-refractivity contribution is 5.95. The molecule has 3 rings (SSSR count). The molecule has 3 aromatic rings. The van der Waals surface area contributed by atoms with Crippen LogP contribution in [0.2, 0.25) is 0 Å². The smallest absolute Gasteiger partial charge is 0.257 e. The van der Waals surface area contributed by atoms with E-state index in [0.717, 1.165) is 5.56 Å². The van der Waals surface area contributed by atoms with Crippen molar-refractivity contribution in [2.45, 2.75) is 34.1 Å². The largest absolute Gasteiger partial charge is 0.493 e. The Morgan fingerprint density at radius 3 is 2.05 bits per heavy atom. The van der Waals surface area contributed by atoms with Gasteiger partial charge in [0, 0.05) is 50.2 Å². The lowest BCUT2D eigenvalue weighted by Gasteiger charge is -2.26. The summed E-state index contributed by atoms with van der Waals surface area (Å²) in [6.45, 7) is 10.3. The second-order valence-corrected chi connectivity index (χ2v) is 10.5. The summed E-state index contributed by atoms with van der Waals surface area (Å²) in [5.41, 5.74) is 2.77. The Hall–Kier alpha value is -3.94. The Morgan fingerprint density at radius 1 is 0.821 bits per heavy atom. The maximum atomic E-state index is 13.2. The Morgan fingerprint density at radius 2 is 1.46 bits per heavy atom. The first kappa shape index (κ1) is 29.6. The van der Waals surface area contributed by atoms with Gasteiger partial charge in [-0.15, -0.1) is 0 Å². The summed E-state index contributed by atoms with van der Waals surface area (Å²) in [5, 5.41) is 0. The summed E-state index contributed by atoms with van der Waals surface area (Å²) in [5.74, 6) is 2.37. The number of rotatable bonds is 12. The van der Waals surface area contributed by atoms with Crippen molar-refractivity contribution in [3.05, 3.63) is 71.5 Å². The molecule has 0 aliphatic carbocycles. The molecule has 0 saturated carbocycles. The lowest BCUT2D eigenvalue weighted by molar-refractivity contribution is 0.0713. The van der Waals surface area contributed by atoms with Gasteiger partial charge in [-0.3, -0.25) is 9.59 Å². The van der Waals surface area contributed by atoms with Crippen LogP contribution in [-0.2, 0) is 6.42 Å². The van der Waals surface area contributed by atoms with Crippen molar-refractivity contribution in [1.82, 2.24) is 19.8 Å². The van der Waals surface area contributed by atoms with E-state index in [1.807, 2.05) is 35.2 Å². The highest BCUT2D eigenvalue weighted by Gasteiger charge is 2.19. The monoisotopic (exact) mass is 532 g/mol. The van der Waals surface area contributed by atoms with Gasteiger partial charge in [-0.05, 0) is 48.1 Å². The lowest BCUT2D eigenvalue weighted by atomic mass is 10.1. The number of carbonyl (C=O) groups is 2.